The SMILES string of the molecule is CCOc1ccc(-c2cn(CCC3CCCO3)nn2)cn1. The summed E-state index contributed by atoms with van der Waals surface area (Å²) in [6, 6.07) is 3.80. The van der Waals surface area contributed by atoms with E-state index in [2.05, 4.69) is 15.3 Å². The van der Waals surface area contributed by atoms with Gasteiger partial charge in [0, 0.05) is 31.0 Å². The maximum absolute atomic E-state index is 5.62. The minimum absolute atomic E-state index is 0.379. The minimum atomic E-state index is 0.379. The van der Waals surface area contributed by atoms with Gasteiger partial charge < -0.3 is 9.47 Å². The first-order valence-corrected chi connectivity index (χ1v) is 7.46. The highest BCUT2D eigenvalue weighted by Gasteiger charge is 2.15. The summed E-state index contributed by atoms with van der Waals surface area (Å²) in [5.74, 6) is 0.632. The van der Waals surface area contributed by atoms with Gasteiger partial charge >= 0.3 is 0 Å². The average Bonchev–Trinajstić information content (AvgIpc) is 3.18. The lowest BCUT2D eigenvalue weighted by molar-refractivity contribution is 0.0993. The summed E-state index contributed by atoms with van der Waals surface area (Å²) < 4.78 is 12.8. The number of nitrogens with zero attached hydrogens (tertiary/aromatic N) is 4. The van der Waals surface area contributed by atoms with Crippen molar-refractivity contribution in [2.24, 2.45) is 0 Å². The number of pyridine rings is 1. The smallest absolute Gasteiger partial charge is 0.213 e. The molecule has 1 unspecified atom stereocenters. The van der Waals surface area contributed by atoms with E-state index in [1.807, 2.05) is 29.9 Å². The third-order valence-corrected chi connectivity index (χ3v) is 3.57. The molecule has 6 heteroatoms. The van der Waals surface area contributed by atoms with Crippen LogP contribution in [0.2, 0.25) is 0 Å². The molecule has 1 aliphatic heterocycles. The van der Waals surface area contributed by atoms with Crippen molar-refractivity contribution in [1.82, 2.24) is 20.0 Å². The van der Waals surface area contributed by atoms with Crippen LogP contribution in [-0.2, 0) is 11.3 Å². The third-order valence-electron chi connectivity index (χ3n) is 3.57. The van der Waals surface area contributed by atoms with Gasteiger partial charge in [-0.05, 0) is 32.3 Å². The second-order valence-corrected chi connectivity index (χ2v) is 5.11. The molecule has 0 aliphatic carbocycles. The van der Waals surface area contributed by atoms with Gasteiger partial charge in [-0.15, -0.1) is 5.10 Å². The van der Waals surface area contributed by atoms with Crippen LogP contribution >= 0.6 is 0 Å². The van der Waals surface area contributed by atoms with Crippen LogP contribution in [0, 0.1) is 0 Å². The highest BCUT2D eigenvalue weighted by molar-refractivity contribution is 5.56. The second-order valence-electron chi connectivity index (χ2n) is 5.11. The first-order chi connectivity index (χ1) is 10.3. The van der Waals surface area contributed by atoms with Crippen LogP contribution in [0.1, 0.15) is 26.2 Å². The largest absolute Gasteiger partial charge is 0.478 e. The molecule has 3 rings (SSSR count). The van der Waals surface area contributed by atoms with Gasteiger partial charge in [0.2, 0.25) is 5.88 Å². The molecule has 0 amide bonds. The molecule has 21 heavy (non-hydrogen) atoms. The van der Waals surface area contributed by atoms with Gasteiger partial charge in [-0.2, -0.15) is 0 Å². The lowest BCUT2D eigenvalue weighted by Crippen LogP contribution is -2.10. The molecule has 2 aromatic rings. The van der Waals surface area contributed by atoms with E-state index >= 15 is 0 Å². The normalized spacial score (nSPS) is 18.0. The van der Waals surface area contributed by atoms with Crippen LogP contribution in [0.5, 0.6) is 5.88 Å². The zero-order valence-corrected chi connectivity index (χ0v) is 12.2. The molecular weight excluding hydrogens is 268 g/mol. The average molecular weight is 288 g/mol. The monoisotopic (exact) mass is 288 g/mol. The highest BCUT2D eigenvalue weighted by Crippen LogP contribution is 2.19. The molecule has 112 valence electrons. The Kier molecular flexibility index (Phi) is 4.45. The van der Waals surface area contributed by atoms with Crippen LogP contribution in [0.15, 0.2) is 24.5 Å². The van der Waals surface area contributed by atoms with Crippen molar-refractivity contribution in [3.63, 3.8) is 0 Å². The molecule has 1 aliphatic rings. The predicted octanol–water partition coefficient (Wildman–Crippen LogP) is 2.31. The van der Waals surface area contributed by atoms with Gasteiger partial charge in [0.25, 0.3) is 0 Å². The van der Waals surface area contributed by atoms with Crippen molar-refractivity contribution in [1.29, 1.82) is 0 Å². The molecule has 0 aromatic carbocycles. The molecule has 1 fully saturated rings. The van der Waals surface area contributed by atoms with Gasteiger partial charge in [-0.1, -0.05) is 5.21 Å². The van der Waals surface area contributed by atoms with E-state index in [1.165, 1.54) is 6.42 Å². The van der Waals surface area contributed by atoms with Crippen molar-refractivity contribution in [3.8, 4) is 17.1 Å². The van der Waals surface area contributed by atoms with Crippen molar-refractivity contribution in [2.45, 2.75) is 38.8 Å². The van der Waals surface area contributed by atoms with Crippen LogP contribution in [-0.4, -0.2) is 39.3 Å². The fraction of sp³-hybridized carbons (Fsp3) is 0.533. The Bertz CT molecular complexity index is 561. The van der Waals surface area contributed by atoms with E-state index < -0.39 is 0 Å². The molecule has 2 aromatic heterocycles. The van der Waals surface area contributed by atoms with Gasteiger partial charge in [-0.25, -0.2) is 4.98 Å². The fourth-order valence-electron chi connectivity index (χ4n) is 2.45. The fourth-order valence-corrected chi connectivity index (χ4v) is 2.45. The quantitative estimate of drug-likeness (QED) is 0.816. The number of aromatic nitrogens is 4. The molecule has 0 radical (unpaired) electrons. The molecular formula is C15H20N4O2. The second kappa shape index (κ2) is 6.67. The maximum atomic E-state index is 5.62. The first-order valence-electron chi connectivity index (χ1n) is 7.46. The Hall–Kier alpha value is -1.95. The van der Waals surface area contributed by atoms with E-state index in [1.54, 1.807) is 6.20 Å². The lowest BCUT2D eigenvalue weighted by atomic mass is 10.2. The van der Waals surface area contributed by atoms with Crippen molar-refractivity contribution < 1.29 is 9.47 Å². The number of rotatable bonds is 6. The number of ether oxygens (including phenoxy) is 2. The topological polar surface area (TPSA) is 62.1 Å². The molecule has 0 N–H and O–H groups in total. The number of aryl methyl sites for hydroxylation is 1. The van der Waals surface area contributed by atoms with Gasteiger partial charge in [0.15, 0.2) is 0 Å². The van der Waals surface area contributed by atoms with Crippen LogP contribution < -0.4 is 4.74 Å². The Morgan fingerprint density at radius 2 is 2.38 bits per heavy atom. The molecule has 0 spiro atoms. The summed E-state index contributed by atoms with van der Waals surface area (Å²) in [7, 11) is 0. The molecule has 0 saturated carbocycles. The highest BCUT2D eigenvalue weighted by atomic mass is 16.5. The van der Waals surface area contributed by atoms with Gasteiger partial charge in [0.1, 0.15) is 5.69 Å². The minimum Gasteiger partial charge on any atom is -0.478 e. The van der Waals surface area contributed by atoms with E-state index in [-0.39, 0.29) is 0 Å². The Balaban J connectivity index is 1.60. The standard InChI is InChI=1S/C15H20N4O2/c1-2-20-15-6-5-12(10-16-15)14-11-19(18-17-14)8-7-13-4-3-9-21-13/h5-6,10-11,13H,2-4,7-9H2,1H3. The van der Waals surface area contributed by atoms with Crippen LogP contribution in [0.4, 0.5) is 0 Å². The van der Waals surface area contributed by atoms with Gasteiger partial charge in [0.05, 0.1) is 18.9 Å². The number of hydrogen-bond acceptors (Lipinski definition) is 5. The molecule has 1 atom stereocenters. The van der Waals surface area contributed by atoms with Gasteiger partial charge in [-0.3, -0.25) is 4.68 Å². The lowest BCUT2D eigenvalue weighted by Gasteiger charge is -2.07. The Morgan fingerprint density at radius 3 is 3.10 bits per heavy atom. The Morgan fingerprint density at radius 1 is 1.43 bits per heavy atom. The van der Waals surface area contributed by atoms with E-state index in [0.717, 1.165) is 37.3 Å². The Labute approximate surface area is 124 Å². The summed E-state index contributed by atoms with van der Waals surface area (Å²) in [5, 5.41) is 8.36. The van der Waals surface area contributed by atoms with E-state index in [4.69, 9.17) is 9.47 Å². The van der Waals surface area contributed by atoms with Crippen molar-refractivity contribution in [2.75, 3.05) is 13.2 Å². The van der Waals surface area contributed by atoms with Crippen LogP contribution in [0.25, 0.3) is 11.3 Å². The number of hydrogen-bond donors (Lipinski definition) is 0. The van der Waals surface area contributed by atoms with Crippen LogP contribution in [0.3, 0.4) is 0 Å². The predicted molar refractivity (Wildman–Crippen MR) is 78.0 cm³/mol. The first kappa shape index (κ1) is 14.0. The molecule has 6 nitrogen and oxygen atoms in total. The molecule has 3 heterocycles. The summed E-state index contributed by atoms with van der Waals surface area (Å²) in [5.41, 5.74) is 1.78. The summed E-state index contributed by atoms with van der Waals surface area (Å²) in [4.78, 5) is 4.24. The summed E-state index contributed by atoms with van der Waals surface area (Å²) in [6.45, 7) is 4.29. The maximum Gasteiger partial charge on any atom is 0.213 e. The zero-order valence-electron chi connectivity index (χ0n) is 12.2. The summed E-state index contributed by atoms with van der Waals surface area (Å²) >= 11 is 0. The molecule has 1 saturated heterocycles. The van der Waals surface area contributed by atoms with E-state index in [0.29, 0.717) is 18.6 Å². The third kappa shape index (κ3) is 3.58. The van der Waals surface area contributed by atoms with Crippen molar-refractivity contribution >= 4 is 0 Å². The summed E-state index contributed by atoms with van der Waals surface area (Å²) in [6.07, 6.45) is 7.41. The molecule has 0 bridgehead atoms. The zero-order chi connectivity index (χ0) is 14.5. The van der Waals surface area contributed by atoms with E-state index in [9.17, 15) is 0 Å². The van der Waals surface area contributed by atoms with Crippen molar-refractivity contribution in [3.05, 3.63) is 24.5 Å².